The van der Waals surface area contributed by atoms with Gasteiger partial charge in [-0.1, -0.05) is 12.1 Å². The van der Waals surface area contributed by atoms with Gasteiger partial charge in [-0.05, 0) is 47.4 Å². The Hall–Kier alpha value is -3.14. The van der Waals surface area contributed by atoms with E-state index in [9.17, 15) is 13.6 Å². The predicted molar refractivity (Wildman–Crippen MR) is 120 cm³/mol. The van der Waals surface area contributed by atoms with Crippen LogP contribution in [0.1, 0.15) is 15.9 Å². The monoisotopic (exact) mass is 454 g/mol. The highest BCUT2D eigenvalue weighted by Crippen LogP contribution is 2.31. The van der Waals surface area contributed by atoms with Crippen molar-refractivity contribution in [3.05, 3.63) is 70.6 Å². The Bertz CT molecular complexity index is 1260. The lowest BCUT2D eigenvalue weighted by atomic mass is 10.1. The SMILES string of the molecule is O=C(Nc1csnc1-c1cc2cc(CN3CCOCC3)ccc2[nH]1)c1c(F)cccc1F. The fourth-order valence-electron chi connectivity index (χ4n) is 3.84. The smallest absolute Gasteiger partial charge is 0.261 e. The van der Waals surface area contributed by atoms with Crippen LogP contribution in [0.2, 0.25) is 0 Å². The molecule has 0 aliphatic carbocycles. The first-order valence-electron chi connectivity index (χ1n) is 10.2. The number of aromatic amines is 1. The minimum Gasteiger partial charge on any atom is -0.379 e. The van der Waals surface area contributed by atoms with Gasteiger partial charge in [-0.15, -0.1) is 0 Å². The van der Waals surface area contributed by atoms with E-state index in [1.807, 2.05) is 12.1 Å². The molecule has 4 aromatic rings. The van der Waals surface area contributed by atoms with E-state index in [2.05, 4.69) is 31.7 Å². The number of amides is 1. The van der Waals surface area contributed by atoms with Gasteiger partial charge in [-0.3, -0.25) is 9.69 Å². The number of benzene rings is 2. The van der Waals surface area contributed by atoms with Crippen molar-refractivity contribution < 1.29 is 18.3 Å². The van der Waals surface area contributed by atoms with Gasteiger partial charge in [0.05, 0.1) is 24.6 Å². The van der Waals surface area contributed by atoms with Gasteiger partial charge in [-0.2, -0.15) is 4.37 Å². The minimum atomic E-state index is -0.911. The Labute approximate surface area is 187 Å². The average Bonchev–Trinajstić information content (AvgIpc) is 3.40. The van der Waals surface area contributed by atoms with E-state index in [-0.39, 0.29) is 0 Å². The molecule has 5 rings (SSSR count). The number of nitrogens with zero attached hydrogens (tertiary/aromatic N) is 2. The van der Waals surface area contributed by atoms with Gasteiger partial charge < -0.3 is 15.0 Å². The van der Waals surface area contributed by atoms with E-state index in [0.29, 0.717) is 17.1 Å². The number of H-pyrrole nitrogens is 1. The molecule has 0 radical (unpaired) electrons. The standard InChI is InChI=1S/C23H20F2N4O2S/c24-16-2-1-3-17(25)21(16)23(30)27-20-13-32-28-22(20)19-11-15-10-14(4-5-18(15)26-19)12-29-6-8-31-9-7-29/h1-5,10-11,13,26H,6-9,12H2,(H,27,30). The highest BCUT2D eigenvalue weighted by atomic mass is 32.1. The second-order valence-electron chi connectivity index (χ2n) is 7.62. The first-order chi connectivity index (χ1) is 15.6. The zero-order valence-corrected chi connectivity index (χ0v) is 17.8. The highest BCUT2D eigenvalue weighted by molar-refractivity contribution is 7.04. The van der Waals surface area contributed by atoms with Gasteiger partial charge in [0.15, 0.2) is 0 Å². The molecule has 9 heteroatoms. The molecule has 2 N–H and O–H groups in total. The summed E-state index contributed by atoms with van der Waals surface area (Å²) in [6.07, 6.45) is 0. The Morgan fingerprint density at radius 1 is 1.16 bits per heavy atom. The van der Waals surface area contributed by atoms with Gasteiger partial charge >= 0.3 is 0 Å². The molecule has 164 valence electrons. The Balaban J connectivity index is 1.39. The maximum atomic E-state index is 14.0. The van der Waals surface area contributed by atoms with Crippen molar-refractivity contribution in [1.82, 2.24) is 14.3 Å². The number of halogens is 2. The van der Waals surface area contributed by atoms with Crippen LogP contribution in [0.5, 0.6) is 0 Å². The van der Waals surface area contributed by atoms with Crippen LogP contribution in [0.15, 0.2) is 47.8 Å². The van der Waals surface area contributed by atoms with Crippen LogP contribution in [-0.4, -0.2) is 46.5 Å². The first kappa shape index (κ1) is 20.7. The summed E-state index contributed by atoms with van der Waals surface area (Å²) in [4.78, 5) is 18.2. The van der Waals surface area contributed by atoms with Crippen LogP contribution in [0, 0.1) is 11.6 Å². The Morgan fingerprint density at radius 3 is 2.72 bits per heavy atom. The van der Waals surface area contributed by atoms with Crippen molar-refractivity contribution in [3.8, 4) is 11.4 Å². The van der Waals surface area contributed by atoms with Crippen LogP contribution < -0.4 is 5.32 Å². The van der Waals surface area contributed by atoms with Crippen LogP contribution in [0.4, 0.5) is 14.5 Å². The van der Waals surface area contributed by atoms with Crippen molar-refractivity contribution in [2.75, 3.05) is 31.6 Å². The van der Waals surface area contributed by atoms with Gasteiger partial charge in [0, 0.05) is 35.9 Å². The summed E-state index contributed by atoms with van der Waals surface area (Å²) in [6.45, 7) is 4.20. The van der Waals surface area contributed by atoms with Gasteiger partial charge in [0.2, 0.25) is 0 Å². The highest BCUT2D eigenvalue weighted by Gasteiger charge is 2.20. The second-order valence-corrected chi connectivity index (χ2v) is 8.25. The summed E-state index contributed by atoms with van der Waals surface area (Å²) in [5, 5.41) is 5.25. The maximum absolute atomic E-state index is 14.0. The molecule has 3 heterocycles. The third-order valence-corrected chi connectivity index (χ3v) is 6.09. The molecule has 0 atom stereocenters. The van der Waals surface area contributed by atoms with Crippen molar-refractivity contribution in [2.24, 2.45) is 0 Å². The molecular formula is C23H20F2N4O2S. The Morgan fingerprint density at radius 2 is 1.94 bits per heavy atom. The number of hydrogen-bond donors (Lipinski definition) is 2. The number of carbonyl (C=O) groups excluding carboxylic acids is 1. The zero-order chi connectivity index (χ0) is 22.1. The van der Waals surface area contributed by atoms with Gasteiger partial charge in [0.25, 0.3) is 5.91 Å². The average molecular weight is 455 g/mol. The summed E-state index contributed by atoms with van der Waals surface area (Å²) >= 11 is 1.15. The third-order valence-electron chi connectivity index (χ3n) is 5.46. The topological polar surface area (TPSA) is 70.2 Å². The summed E-state index contributed by atoms with van der Waals surface area (Å²) in [5.74, 6) is -2.68. The molecule has 0 saturated carbocycles. The van der Waals surface area contributed by atoms with Crippen molar-refractivity contribution in [1.29, 1.82) is 0 Å². The van der Waals surface area contributed by atoms with E-state index in [1.165, 1.54) is 11.6 Å². The molecule has 1 aliphatic rings. The molecule has 6 nitrogen and oxygen atoms in total. The quantitative estimate of drug-likeness (QED) is 0.460. The third kappa shape index (κ3) is 4.14. The second kappa shape index (κ2) is 8.78. The number of anilines is 1. The number of fused-ring (bicyclic) bond motifs is 1. The van der Waals surface area contributed by atoms with Gasteiger partial charge in [-0.25, -0.2) is 8.78 Å². The number of hydrogen-bond acceptors (Lipinski definition) is 5. The molecule has 2 aromatic heterocycles. The molecule has 0 spiro atoms. The number of aromatic nitrogens is 2. The summed E-state index contributed by atoms with van der Waals surface area (Å²) in [6, 6.07) is 11.5. The van der Waals surface area contributed by atoms with E-state index in [0.717, 1.165) is 67.4 Å². The number of carbonyl (C=O) groups is 1. The number of rotatable bonds is 5. The zero-order valence-electron chi connectivity index (χ0n) is 17.0. The lowest BCUT2D eigenvalue weighted by molar-refractivity contribution is 0.0342. The first-order valence-corrected chi connectivity index (χ1v) is 11.0. The molecule has 1 saturated heterocycles. The van der Waals surface area contributed by atoms with Crippen molar-refractivity contribution in [3.63, 3.8) is 0 Å². The molecule has 1 fully saturated rings. The maximum Gasteiger partial charge on any atom is 0.261 e. The van der Waals surface area contributed by atoms with Crippen molar-refractivity contribution >= 4 is 34.0 Å². The predicted octanol–water partition coefficient (Wildman–Crippen LogP) is 4.65. The fourth-order valence-corrected chi connectivity index (χ4v) is 4.48. The van der Waals surface area contributed by atoms with Crippen LogP contribution in [0.3, 0.4) is 0 Å². The summed E-state index contributed by atoms with van der Waals surface area (Å²) in [5.41, 5.74) is 3.15. The number of nitrogens with one attached hydrogen (secondary N) is 2. The van der Waals surface area contributed by atoms with E-state index in [1.54, 1.807) is 5.38 Å². The van der Waals surface area contributed by atoms with Crippen LogP contribution in [-0.2, 0) is 11.3 Å². The number of morpholine rings is 1. The molecule has 2 aromatic carbocycles. The molecule has 1 amide bonds. The van der Waals surface area contributed by atoms with Crippen molar-refractivity contribution in [2.45, 2.75) is 6.54 Å². The lowest BCUT2D eigenvalue weighted by Crippen LogP contribution is -2.35. The van der Waals surface area contributed by atoms with E-state index in [4.69, 9.17) is 4.74 Å². The van der Waals surface area contributed by atoms with E-state index >= 15 is 0 Å². The van der Waals surface area contributed by atoms with E-state index < -0.39 is 23.1 Å². The lowest BCUT2D eigenvalue weighted by Gasteiger charge is -2.26. The Kier molecular flexibility index (Phi) is 5.69. The molecule has 0 unspecified atom stereocenters. The minimum absolute atomic E-state index is 0.391. The summed E-state index contributed by atoms with van der Waals surface area (Å²) < 4.78 is 37.7. The fraction of sp³-hybridized carbons (Fsp3) is 0.217. The molecular weight excluding hydrogens is 434 g/mol. The summed E-state index contributed by atoms with van der Waals surface area (Å²) in [7, 11) is 0. The normalized spacial score (nSPS) is 14.7. The molecule has 32 heavy (non-hydrogen) atoms. The van der Waals surface area contributed by atoms with Crippen LogP contribution >= 0.6 is 11.5 Å². The van der Waals surface area contributed by atoms with Crippen LogP contribution in [0.25, 0.3) is 22.3 Å². The molecule has 1 aliphatic heterocycles. The largest absolute Gasteiger partial charge is 0.379 e. The number of ether oxygens (including phenoxy) is 1. The van der Waals surface area contributed by atoms with Gasteiger partial charge in [0.1, 0.15) is 22.9 Å². The molecule has 0 bridgehead atoms.